The van der Waals surface area contributed by atoms with Gasteiger partial charge in [0, 0.05) is 53.1 Å². The number of benzene rings is 3. The number of aromatic nitrogens is 2. The van der Waals surface area contributed by atoms with Gasteiger partial charge in [0.2, 0.25) is 5.91 Å². The quantitative estimate of drug-likeness (QED) is 0.265. The van der Waals surface area contributed by atoms with Crippen LogP contribution >= 0.6 is 23.2 Å². The lowest BCUT2D eigenvalue weighted by Crippen LogP contribution is -2.61. The van der Waals surface area contributed by atoms with Crippen molar-refractivity contribution in [3.05, 3.63) is 92.3 Å². The number of likely N-dealkylation sites (tertiary alicyclic amines) is 1. The predicted octanol–water partition coefficient (Wildman–Crippen LogP) is 6.49. The molecule has 1 saturated heterocycles. The number of carbonyl (C=O) groups is 2. The number of ether oxygens (including phenoxy) is 1. The van der Waals surface area contributed by atoms with Crippen LogP contribution < -0.4 is 5.32 Å². The summed E-state index contributed by atoms with van der Waals surface area (Å²) < 4.78 is 23.2. The van der Waals surface area contributed by atoms with Gasteiger partial charge in [-0.25, -0.2) is 9.18 Å². The summed E-state index contributed by atoms with van der Waals surface area (Å²) in [6.07, 6.45) is 3.27. The monoisotopic (exact) mass is 618 g/mol. The van der Waals surface area contributed by atoms with Crippen molar-refractivity contribution < 1.29 is 18.7 Å². The minimum Gasteiger partial charge on any atom is -0.465 e. The van der Waals surface area contributed by atoms with Gasteiger partial charge < -0.3 is 10.1 Å². The Morgan fingerprint density at radius 1 is 1.19 bits per heavy atom. The van der Waals surface area contributed by atoms with E-state index in [0.717, 1.165) is 41.6 Å². The number of methoxy groups -OCH3 is 1. The third-order valence-corrected chi connectivity index (χ3v) is 10.6. The van der Waals surface area contributed by atoms with E-state index in [-0.39, 0.29) is 23.0 Å². The molecule has 0 radical (unpaired) electrons. The van der Waals surface area contributed by atoms with Crippen LogP contribution in [0, 0.1) is 18.7 Å². The molecule has 4 heterocycles. The number of hydrogen-bond acceptors (Lipinski definition) is 5. The third-order valence-electron chi connectivity index (χ3n) is 10.0. The fourth-order valence-electron chi connectivity index (χ4n) is 7.97. The van der Waals surface area contributed by atoms with E-state index in [9.17, 15) is 9.59 Å². The largest absolute Gasteiger partial charge is 0.465 e. The summed E-state index contributed by atoms with van der Waals surface area (Å²) in [7, 11) is 1.36. The molecule has 1 aromatic heterocycles. The van der Waals surface area contributed by atoms with Gasteiger partial charge >= 0.3 is 5.97 Å². The van der Waals surface area contributed by atoms with Crippen LogP contribution in [0.2, 0.25) is 10.0 Å². The van der Waals surface area contributed by atoms with Gasteiger partial charge in [-0.2, -0.15) is 5.10 Å². The molecule has 1 spiro atoms. The second-order valence-electron chi connectivity index (χ2n) is 12.4. The van der Waals surface area contributed by atoms with Gasteiger partial charge in [0.15, 0.2) is 0 Å². The molecule has 10 heteroatoms. The molecule has 4 aliphatic rings. The minimum atomic E-state index is -1.08. The Kier molecular flexibility index (Phi) is 6.00. The summed E-state index contributed by atoms with van der Waals surface area (Å²) in [4.78, 5) is 29.4. The maximum atomic E-state index is 16.2. The van der Waals surface area contributed by atoms with Crippen molar-refractivity contribution in [1.29, 1.82) is 0 Å². The van der Waals surface area contributed by atoms with Gasteiger partial charge in [-0.1, -0.05) is 41.4 Å². The number of amides is 1. The van der Waals surface area contributed by atoms with Crippen molar-refractivity contribution in [1.82, 2.24) is 14.7 Å². The molecular weight excluding hydrogens is 590 g/mol. The number of nitrogens with zero attached hydrogens (tertiary/aromatic N) is 3. The van der Waals surface area contributed by atoms with Crippen molar-refractivity contribution in [2.75, 3.05) is 19.0 Å². The number of halogens is 3. The molecule has 4 atom stereocenters. The van der Waals surface area contributed by atoms with E-state index < -0.39 is 23.2 Å². The normalized spacial score (nSPS) is 26.0. The molecule has 3 aromatic carbocycles. The molecule has 1 amide bonds. The maximum absolute atomic E-state index is 16.2. The van der Waals surface area contributed by atoms with Crippen LogP contribution in [0.5, 0.6) is 0 Å². The fraction of sp³-hybridized carbons (Fsp3) is 0.364. The van der Waals surface area contributed by atoms with Crippen LogP contribution in [0.25, 0.3) is 10.9 Å². The van der Waals surface area contributed by atoms with Gasteiger partial charge in [-0.15, -0.1) is 0 Å². The van der Waals surface area contributed by atoms with Crippen molar-refractivity contribution in [2.45, 2.75) is 56.1 Å². The maximum Gasteiger partial charge on any atom is 0.338 e. The zero-order valence-electron chi connectivity index (χ0n) is 23.7. The van der Waals surface area contributed by atoms with Gasteiger partial charge in [0.05, 0.1) is 29.3 Å². The van der Waals surface area contributed by atoms with Gasteiger partial charge in [-0.05, 0) is 72.7 Å². The van der Waals surface area contributed by atoms with Crippen LogP contribution in [-0.4, -0.2) is 51.8 Å². The molecule has 7 nitrogen and oxygen atoms in total. The first-order chi connectivity index (χ1) is 20.7. The molecule has 43 heavy (non-hydrogen) atoms. The average Bonchev–Trinajstić information content (AvgIpc) is 3.58. The SMILES string of the molecule is COC(=O)c1cc2nn3c(c2cc1C)C[C@H]1[C@@H]3[C@H](c2cccc(Cl)c2F)[C@@]2(Cc3ccc(Cl)cc3NC2=O)N1CC1CC1. The highest BCUT2D eigenvalue weighted by Gasteiger charge is 2.67. The van der Waals surface area contributed by atoms with E-state index in [4.69, 9.17) is 33.0 Å². The Hall–Kier alpha value is -3.46. The Balaban J connectivity index is 1.37. The van der Waals surface area contributed by atoms with Gasteiger partial charge in [-0.3, -0.25) is 14.4 Å². The smallest absolute Gasteiger partial charge is 0.338 e. The highest BCUT2D eigenvalue weighted by Crippen LogP contribution is 2.60. The summed E-state index contributed by atoms with van der Waals surface area (Å²) in [5.41, 5.74) is 3.94. The Morgan fingerprint density at radius 3 is 2.77 bits per heavy atom. The fourth-order valence-corrected chi connectivity index (χ4v) is 8.32. The number of fused-ring (bicyclic) bond motifs is 6. The van der Waals surface area contributed by atoms with Crippen molar-refractivity contribution in [3.8, 4) is 0 Å². The van der Waals surface area contributed by atoms with Crippen LogP contribution in [0.15, 0.2) is 48.5 Å². The average molecular weight is 620 g/mol. The Morgan fingerprint density at radius 2 is 2.00 bits per heavy atom. The highest BCUT2D eigenvalue weighted by molar-refractivity contribution is 6.31. The summed E-state index contributed by atoms with van der Waals surface area (Å²) >= 11 is 12.7. The van der Waals surface area contributed by atoms with Crippen molar-refractivity contribution in [3.63, 3.8) is 0 Å². The minimum absolute atomic E-state index is 0.0235. The van der Waals surface area contributed by atoms with Gasteiger partial charge in [0.25, 0.3) is 0 Å². The summed E-state index contributed by atoms with van der Waals surface area (Å²) in [5.74, 6) is -1.20. The molecule has 1 aliphatic carbocycles. The molecular formula is C33H29Cl2FN4O3. The van der Waals surface area contributed by atoms with E-state index in [2.05, 4.69) is 10.2 Å². The number of esters is 1. The van der Waals surface area contributed by atoms with Gasteiger partial charge in [0.1, 0.15) is 11.4 Å². The van der Waals surface area contributed by atoms with Crippen molar-refractivity contribution in [2.24, 2.45) is 5.92 Å². The summed E-state index contributed by atoms with van der Waals surface area (Å²) in [6.45, 7) is 2.63. The molecule has 8 rings (SSSR count). The third kappa shape index (κ3) is 3.85. The van der Waals surface area contributed by atoms with E-state index in [1.165, 1.54) is 7.11 Å². The molecule has 1 N–H and O–H groups in total. The van der Waals surface area contributed by atoms with Crippen LogP contribution in [0.1, 0.15) is 57.5 Å². The Bertz CT molecular complexity index is 1870. The van der Waals surface area contributed by atoms with Crippen LogP contribution in [0.4, 0.5) is 10.1 Å². The number of carbonyl (C=O) groups excluding carboxylic acids is 2. The lowest BCUT2D eigenvalue weighted by Gasteiger charge is -2.46. The second-order valence-corrected chi connectivity index (χ2v) is 13.2. The van der Waals surface area contributed by atoms with Crippen LogP contribution in [-0.2, 0) is 22.4 Å². The number of rotatable bonds is 4. The van der Waals surface area contributed by atoms with E-state index in [1.54, 1.807) is 30.3 Å². The topological polar surface area (TPSA) is 76.5 Å². The summed E-state index contributed by atoms with van der Waals surface area (Å²) in [6, 6.07) is 14.0. The van der Waals surface area contributed by atoms with E-state index in [0.29, 0.717) is 46.1 Å². The molecule has 1 saturated carbocycles. The molecule has 4 aromatic rings. The first-order valence-corrected chi connectivity index (χ1v) is 15.4. The second kappa shape index (κ2) is 9.52. The first kappa shape index (κ1) is 27.1. The molecule has 0 bridgehead atoms. The zero-order chi connectivity index (χ0) is 29.8. The highest BCUT2D eigenvalue weighted by atomic mass is 35.5. The number of aryl methyl sites for hydroxylation is 1. The number of nitrogens with one attached hydrogen (secondary N) is 1. The molecule has 2 fully saturated rings. The lowest BCUT2D eigenvalue weighted by atomic mass is 9.71. The van der Waals surface area contributed by atoms with Crippen molar-refractivity contribution >= 4 is 51.7 Å². The molecule has 220 valence electrons. The Labute approximate surface area is 257 Å². The first-order valence-electron chi connectivity index (χ1n) is 14.6. The zero-order valence-corrected chi connectivity index (χ0v) is 25.2. The molecule has 0 unspecified atom stereocenters. The van der Waals surface area contributed by atoms with Crippen LogP contribution in [0.3, 0.4) is 0 Å². The standard InChI is InChI=1S/C33H29Cl2FN4O3/c1-16-10-22-25(12-21(16)31(41)43-2)38-40-26(22)13-27-30(40)28(20-4-3-5-23(35)29(20)36)33(39(27)15-17-6-7-17)14-18-8-9-19(34)11-24(18)37-32(33)42/h3-5,8-12,17,27-28,30H,6-7,13-15H2,1-2H3,(H,37,42)/t27-,28-,30+,33+/m0/s1. The van der Waals surface area contributed by atoms with E-state index >= 15 is 4.39 Å². The number of anilines is 1. The number of hydrogen-bond donors (Lipinski definition) is 1. The van der Waals surface area contributed by atoms with E-state index in [1.807, 2.05) is 29.8 Å². The lowest BCUT2D eigenvalue weighted by molar-refractivity contribution is -0.129. The predicted molar refractivity (Wildman–Crippen MR) is 162 cm³/mol. The summed E-state index contributed by atoms with van der Waals surface area (Å²) in [5, 5.41) is 9.73. The molecule has 3 aliphatic heterocycles.